The minimum Gasteiger partial charge on any atom is -0.479 e. The van der Waals surface area contributed by atoms with Crippen LogP contribution in [0.1, 0.15) is 25.8 Å². The average Bonchev–Trinajstić information content (AvgIpc) is 2.92. The number of nitrogens with zero attached hydrogens (tertiary/aromatic N) is 1. The zero-order valence-corrected chi connectivity index (χ0v) is 22.0. The summed E-state index contributed by atoms with van der Waals surface area (Å²) < 4.78 is 65.5. The van der Waals surface area contributed by atoms with Gasteiger partial charge in [0.15, 0.2) is 23.2 Å². The van der Waals surface area contributed by atoms with Gasteiger partial charge in [0.2, 0.25) is 23.4 Å². The van der Waals surface area contributed by atoms with Gasteiger partial charge in [0.25, 0.3) is 5.56 Å². The third-order valence-electron chi connectivity index (χ3n) is 5.86. The van der Waals surface area contributed by atoms with E-state index in [1.807, 2.05) is 0 Å². The number of pyridine rings is 1. The third-order valence-corrected chi connectivity index (χ3v) is 6.09. The molecule has 9 nitrogen and oxygen atoms in total. The lowest BCUT2D eigenvalue weighted by atomic mass is 10.1. The summed E-state index contributed by atoms with van der Waals surface area (Å²) in [6.45, 7) is 0.217. The van der Waals surface area contributed by atoms with E-state index in [9.17, 15) is 36.7 Å². The summed E-state index contributed by atoms with van der Waals surface area (Å²) in [5.74, 6) is -11.4. The molecule has 1 heterocycles. The number of carbonyl (C=O) groups excluding carboxylic acids is 3. The third kappa shape index (κ3) is 6.96. The van der Waals surface area contributed by atoms with Crippen molar-refractivity contribution >= 4 is 40.0 Å². The molecule has 0 fully saturated rings. The maximum atomic E-state index is 14.0. The topological polar surface area (TPSA) is 116 Å². The standard InChI is InChI=1S/C26H24ClF4N3O6/c1-3-19(34-7-6-13-4-5-14(27)8-15(13)26(34)38)25(37)33-18(10-21(36)32-12-39-2)20(35)11-40-24-22(30)16(28)9-17(29)23(24)31/h4-9,18-19H,3,10-12H2,1-2H3,(H,32,36)(H,33,37)/t18?,19-/m0/s1. The van der Waals surface area contributed by atoms with Gasteiger partial charge >= 0.3 is 0 Å². The lowest BCUT2D eigenvalue weighted by Gasteiger charge is -2.23. The number of fused-ring (bicyclic) bond motifs is 1. The van der Waals surface area contributed by atoms with Gasteiger partial charge in [-0.1, -0.05) is 24.6 Å². The van der Waals surface area contributed by atoms with Gasteiger partial charge in [-0.15, -0.1) is 0 Å². The van der Waals surface area contributed by atoms with Gasteiger partial charge in [-0.2, -0.15) is 8.78 Å². The van der Waals surface area contributed by atoms with Crippen molar-refractivity contribution in [2.45, 2.75) is 31.8 Å². The molecule has 0 aliphatic rings. The molecule has 2 amide bonds. The number of aromatic nitrogens is 1. The molecule has 2 N–H and O–H groups in total. The zero-order chi connectivity index (χ0) is 29.6. The van der Waals surface area contributed by atoms with E-state index in [4.69, 9.17) is 21.1 Å². The fourth-order valence-electron chi connectivity index (χ4n) is 3.83. The van der Waals surface area contributed by atoms with Crippen molar-refractivity contribution in [1.82, 2.24) is 15.2 Å². The number of nitrogens with one attached hydrogen (secondary N) is 2. The highest BCUT2D eigenvalue weighted by Crippen LogP contribution is 2.26. The number of methoxy groups -OCH3 is 1. The number of amides is 2. The summed E-state index contributed by atoms with van der Waals surface area (Å²) in [5.41, 5.74) is -0.537. The SMILES string of the molecule is CC[C@@H](C(=O)NC(CC(=O)NCOC)C(=O)COc1c(F)c(F)cc(F)c1F)n1ccc2ccc(Cl)cc2c1=O. The molecule has 0 saturated heterocycles. The van der Waals surface area contributed by atoms with E-state index in [1.54, 1.807) is 25.1 Å². The van der Waals surface area contributed by atoms with Crippen molar-refractivity contribution in [1.29, 1.82) is 0 Å². The van der Waals surface area contributed by atoms with Crippen LogP contribution in [-0.2, 0) is 19.1 Å². The molecule has 214 valence electrons. The number of hydrogen-bond acceptors (Lipinski definition) is 6. The highest BCUT2D eigenvalue weighted by molar-refractivity contribution is 6.31. The van der Waals surface area contributed by atoms with Crippen LogP contribution in [0.15, 0.2) is 41.3 Å². The molecule has 14 heteroatoms. The van der Waals surface area contributed by atoms with E-state index in [1.165, 1.54) is 19.4 Å². The summed E-state index contributed by atoms with van der Waals surface area (Å²) in [5, 5.41) is 5.80. The summed E-state index contributed by atoms with van der Waals surface area (Å²) in [6.07, 6.45) is 0.824. The minimum absolute atomic E-state index is 0.0317. The Bertz CT molecular complexity index is 1470. The smallest absolute Gasteiger partial charge is 0.259 e. The first-order valence-corrected chi connectivity index (χ1v) is 12.2. The Hall–Kier alpha value is -3.97. The second kappa shape index (κ2) is 13.4. The molecular formula is C26H24ClF4N3O6. The lowest BCUT2D eigenvalue weighted by molar-refractivity contribution is -0.133. The fraction of sp³-hybridized carbons (Fsp3) is 0.308. The second-order valence-corrected chi connectivity index (χ2v) is 8.97. The molecule has 0 aliphatic carbocycles. The molecule has 1 aromatic heterocycles. The van der Waals surface area contributed by atoms with Gasteiger partial charge in [0.05, 0.1) is 12.5 Å². The number of carbonyl (C=O) groups is 3. The number of halogens is 5. The van der Waals surface area contributed by atoms with Gasteiger partial charge in [-0.25, -0.2) is 8.78 Å². The molecule has 0 bridgehead atoms. The quantitative estimate of drug-likeness (QED) is 0.191. The van der Waals surface area contributed by atoms with Crippen LogP contribution in [0.4, 0.5) is 17.6 Å². The predicted molar refractivity (Wildman–Crippen MR) is 136 cm³/mol. The Balaban J connectivity index is 1.86. The molecule has 0 aliphatic heterocycles. The number of ether oxygens (including phenoxy) is 2. The van der Waals surface area contributed by atoms with Crippen molar-refractivity contribution in [3.63, 3.8) is 0 Å². The highest BCUT2D eigenvalue weighted by Gasteiger charge is 2.30. The van der Waals surface area contributed by atoms with Crippen molar-refractivity contribution in [3.8, 4) is 5.75 Å². The van der Waals surface area contributed by atoms with Crippen LogP contribution in [0.25, 0.3) is 10.8 Å². The van der Waals surface area contributed by atoms with E-state index in [0.717, 1.165) is 4.57 Å². The Kier molecular flexibility index (Phi) is 10.2. The van der Waals surface area contributed by atoms with Gasteiger partial charge in [-0.3, -0.25) is 19.2 Å². The second-order valence-electron chi connectivity index (χ2n) is 8.53. The molecule has 3 aromatic rings. The Morgan fingerprint density at radius 1 is 1.05 bits per heavy atom. The molecule has 3 rings (SSSR count). The van der Waals surface area contributed by atoms with Crippen molar-refractivity contribution < 1.29 is 41.4 Å². The van der Waals surface area contributed by atoms with Crippen LogP contribution in [0.3, 0.4) is 0 Å². The largest absolute Gasteiger partial charge is 0.479 e. The Morgan fingerprint density at radius 3 is 2.35 bits per heavy atom. The van der Waals surface area contributed by atoms with Crippen LogP contribution in [0.5, 0.6) is 5.75 Å². The van der Waals surface area contributed by atoms with E-state index in [2.05, 4.69) is 10.6 Å². The molecule has 40 heavy (non-hydrogen) atoms. The van der Waals surface area contributed by atoms with Crippen molar-refractivity contribution in [2.24, 2.45) is 0 Å². The van der Waals surface area contributed by atoms with Crippen LogP contribution < -0.4 is 20.9 Å². The van der Waals surface area contributed by atoms with Crippen molar-refractivity contribution in [2.75, 3.05) is 20.4 Å². The van der Waals surface area contributed by atoms with E-state index < -0.39 is 77.3 Å². The van der Waals surface area contributed by atoms with Crippen LogP contribution in [0.2, 0.25) is 5.02 Å². The van der Waals surface area contributed by atoms with Gasteiger partial charge < -0.3 is 24.7 Å². The summed E-state index contributed by atoms with van der Waals surface area (Å²) in [7, 11) is 1.29. The summed E-state index contributed by atoms with van der Waals surface area (Å²) in [4.78, 5) is 51.6. The maximum Gasteiger partial charge on any atom is 0.259 e. The summed E-state index contributed by atoms with van der Waals surface area (Å²) >= 11 is 6.01. The molecule has 0 spiro atoms. The Morgan fingerprint density at radius 2 is 1.73 bits per heavy atom. The van der Waals surface area contributed by atoms with Gasteiger partial charge in [0.1, 0.15) is 19.4 Å². The molecule has 0 radical (unpaired) electrons. The van der Waals surface area contributed by atoms with Crippen LogP contribution in [-0.4, -0.2) is 48.7 Å². The van der Waals surface area contributed by atoms with E-state index in [-0.39, 0.29) is 24.6 Å². The molecule has 2 atom stereocenters. The first-order valence-electron chi connectivity index (χ1n) is 11.8. The van der Waals surface area contributed by atoms with Crippen molar-refractivity contribution in [3.05, 3.63) is 75.2 Å². The average molecular weight is 586 g/mol. The molecule has 0 saturated carbocycles. The lowest BCUT2D eigenvalue weighted by Crippen LogP contribution is -2.49. The summed E-state index contributed by atoms with van der Waals surface area (Å²) in [6, 6.07) is 3.48. The zero-order valence-electron chi connectivity index (χ0n) is 21.2. The van der Waals surface area contributed by atoms with Crippen LogP contribution >= 0.6 is 11.6 Å². The fourth-order valence-corrected chi connectivity index (χ4v) is 4.00. The first kappa shape index (κ1) is 30.6. The monoisotopic (exact) mass is 585 g/mol. The molecule has 1 unspecified atom stereocenters. The van der Waals surface area contributed by atoms with E-state index in [0.29, 0.717) is 10.4 Å². The first-order chi connectivity index (χ1) is 19.0. The molecule has 2 aromatic carbocycles. The number of rotatable bonds is 12. The molecular weight excluding hydrogens is 562 g/mol. The number of ketones is 1. The highest BCUT2D eigenvalue weighted by atomic mass is 35.5. The predicted octanol–water partition coefficient (Wildman–Crippen LogP) is 3.41. The normalized spacial score (nSPS) is 12.6. The number of benzene rings is 2. The van der Waals surface area contributed by atoms with Gasteiger partial charge in [0, 0.05) is 29.8 Å². The van der Waals surface area contributed by atoms with E-state index >= 15 is 0 Å². The van der Waals surface area contributed by atoms with Crippen LogP contribution in [0, 0.1) is 23.3 Å². The van der Waals surface area contributed by atoms with Gasteiger partial charge in [-0.05, 0) is 30.0 Å². The minimum atomic E-state index is -1.87. The number of Topliss-reactive ketones (excluding diaryl/α,β-unsaturated/α-hetero) is 1. The number of hydrogen-bond donors (Lipinski definition) is 2. The maximum absolute atomic E-state index is 14.0. The Labute approximate surface area is 230 Å².